The van der Waals surface area contributed by atoms with Crippen LogP contribution in [0.15, 0.2) is 40.0 Å². The molecule has 25 heavy (non-hydrogen) atoms. The molecule has 0 atom stereocenters. The molecule has 8 nitrogen and oxygen atoms in total. The molecule has 0 radical (unpaired) electrons. The number of hydrogen-bond acceptors (Lipinski definition) is 7. The van der Waals surface area contributed by atoms with Crippen LogP contribution in [0, 0.1) is 6.92 Å². The molecule has 3 aromatic rings. The fourth-order valence-electron chi connectivity index (χ4n) is 2.58. The molecule has 0 bridgehead atoms. The number of methoxy groups -OCH3 is 1. The first-order valence-electron chi connectivity index (χ1n) is 7.67. The lowest BCUT2D eigenvalue weighted by atomic mass is 10.2. The van der Waals surface area contributed by atoms with E-state index < -0.39 is 9.84 Å². The van der Waals surface area contributed by atoms with Gasteiger partial charge in [0.05, 0.1) is 18.4 Å². The molecule has 0 saturated carbocycles. The van der Waals surface area contributed by atoms with Gasteiger partial charge >= 0.3 is 0 Å². The van der Waals surface area contributed by atoms with E-state index in [2.05, 4.69) is 15.4 Å². The van der Waals surface area contributed by atoms with Crippen molar-refractivity contribution in [1.29, 1.82) is 0 Å². The van der Waals surface area contributed by atoms with Gasteiger partial charge in [-0.25, -0.2) is 8.42 Å². The standard InChI is InChI=1S/C16H18N4O4S/c1-4-20-15(13-7-5-6-8-14(13)23-3)17-18-16(20)25(21,22)10-12-9-11(2)24-19-12/h5-9H,4,10H2,1-3H3. The van der Waals surface area contributed by atoms with Crippen LogP contribution < -0.4 is 4.74 Å². The predicted molar refractivity (Wildman–Crippen MR) is 89.8 cm³/mol. The summed E-state index contributed by atoms with van der Waals surface area (Å²) in [5, 5.41) is 11.7. The maximum atomic E-state index is 12.8. The lowest BCUT2D eigenvalue weighted by molar-refractivity contribution is 0.392. The van der Waals surface area contributed by atoms with Crippen LogP contribution in [0.5, 0.6) is 5.75 Å². The van der Waals surface area contributed by atoms with Gasteiger partial charge in [0.2, 0.25) is 15.0 Å². The second-order valence-corrected chi connectivity index (χ2v) is 7.32. The van der Waals surface area contributed by atoms with Crippen LogP contribution in [0.2, 0.25) is 0 Å². The van der Waals surface area contributed by atoms with Crippen molar-refractivity contribution in [3.8, 4) is 17.1 Å². The molecule has 2 heterocycles. The van der Waals surface area contributed by atoms with Gasteiger partial charge in [0, 0.05) is 12.6 Å². The average molecular weight is 362 g/mol. The lowest BCUT2D eigenvalue weighted by Crippen LogP contribution is -2.13. The van der Waals surface area contributed by atoms with Crippen LogP contribution in [0.25, 0.3) is 11.4 Å². The Kier molecular flexibility index (Phi) is 4.58. The number of aryl methyl sites for hydroxylation is 1. The average Bonchev–Trinajstić information content (AvgIpc) is 3.20. The van der Waals surface area contributed by atoms with Gasteiger partial charge in [-0.3, -0.25) is 4.57 Å². The summed E-state index contributed by atoms with van der Waals surface area (Å²) in [5.41, 5.74) is 1.01. The van der Waals surface area contributed by atoms with E-state index in [1.807, 2.05) is 25.1 Å². The van der Waals surface area contributed by atoms with Crippen molar-refractivity contribution in [2.24, 2.45) is 0 Å². The highest BCUT2D eigenvalue weighted by Crippen LogP contribution is 2.30. The molecule has 0 aliphatic rings. The van der Waals surface area contributed by atoms with Crippen molar-refractivity contribution < 1.29 is 17.7 Å². The van der Waals surface area contributed by atoms with Gasteiger partial charge in [-0.05, 0) is 26.0 Å². The van der Waals surface area contributed by atoms with Crippen LogP contribution in [-0.2, 0) is 22.1 Å². The quantitative estimate of drug-likeness (QED) is 0.663. The normalized spacial score (nSPS) is 11.6. The number of hydrogen-bond donors (Lipinski definition) is 0. The SMILES string of the molecule is CCn1c(-c2ccccc2OC)nnc1S(=O)(=O)Cc1cc(C)on1. The van der Waals surface area contributed by atoms with Crippen molar-refractivity contribution in [2.75, 3.05) is 7.11 Å². The topological polar surface area (TPSA) is 100 Å². The smallest absolute Gasteiger partial charge is 0.250 e. The van der Waals surface area contributed by atoms with E-state index >= 15 is 0 Å². The van der Waals surface area contributed by atoms with Crippen molar-refractivity contribution >= 4 is 9.84 Å². The fourth-order valence-corrected chi connectivity index (χ4v) is 3.95. The Labute approximate surface area is 145 Å². The Morgan fingerprint density at radius 3 is 2.64 bits per heavy atom. The van der Waals surface area contributed by atoms with Crippen molar-refractivity contribution in [3.05, 3.63) is 41.8 Å². The summed E-state index contributed by atoms with van der Waals surface area (Å²) < 4.78 is 37.3. The molecule has 0 amide bonds. The summed E-state index contributed by atoms with van der Waals surface area (Å²) >= 11 is 0. The third-order valence-electron chi connectivity index (χ3n) is 3.67. The molecule has 1 aromatic carbocycles. The van der Waals surface area contributed by atoms with Crippen molar-refractivity contribution in [1.82, 2.24) is 19.9 Å². The number of nitrogens with zero attached hydrogens (tertiary/aromatic N) is 4. The molecule has 3 rings (SSSR count). The molecule has 0 fully saturated rings. The predicted octanol–water partition coefficient (Wildman–Crippen LogP) is 2.24. The van der Waals surface area contributed by atoms with Crippen molar-refractivity contribution in [2.45, 2.75) is 31.3 Å². The van der Waals surface area contributed by atoms with Crippen molar-refractivity contribution in [3.63, 3.8) is 0 Å². The highest BCUT2D eigenvalue weighted by molar-refractivity contribution is 7.90. The number of para-hydroxylation sites is 1. The molecule has 0 aliphatic heterocycles. The van der Waals surface area contributed by atoms with Gasteiger partial charge in [-0.2, -0.15) is 0 Å². The number of rotatable bonds is 6. The molecule has 0 saturated heterocycles. The minimum absolute atomic E-state index is 0.100. The monoisotopic (exact) mass is 362 g/mol. The first-order chi connectivity index (χ1) is 12.0. The Bertz CT molecular complexity index is 991. The summed E-state index contributed by atoms with van der Waals surface area (Å²) in [6, 6.07) is 8.85. The zero-order valence-corrected chi connectivity index (χ0v) is 14.9. The second-order valence-electron chi connectivity index (χ2n) is 5.44. The zero-order chi connectivity index (χ0) is 18.0. The van der Waals surface area contributed by atoms with Crippen LogP contribution in [0.3, 0.4) is 0 Å². The Hall–Kier alpha value is -2.68. The van der Waals surface area contributed by atoms with Crippen LogP contribution >= 0.6 is 0 Å². The number of sulfone groups is 1. The van der Waals surface area contributed by atoms with Gasteiger partial charge in [0.15, 0.2) is 5.82 Å². The summed E-state index contributed by atoms with van der Waals surface area (Å²) in [6.45, 7) is 3.94. The maximum Gasteiger partial charge on any atom is 0.250 e. The van der Waals surface area contributed by atoms with Gasteiger partial charge in [0.1, 0.15) is 17.3 Å². The van der Waals surface area contributed by atoms with E-state index in [0.717, 1.165) is 0 Å². The number of benzene rings is 1. The Morgan fingerprint density at radius 1 is 1.24 bits per heavy atom. The summed E-state index contributed by atoms with van der Waals surface area (Å²) in [4.78, 5) is 0. The third-order valence-corrected chi connectivity index (χ3v) is 5.21. The first kappa shape index (κ1) is 17.2. The number of ether oxygens (including phenoxy) is 1. The highest BCUT2D eigenvalue weighted by atomic mass is 32.2. The van der Waals surface area contributed by atoms with Gasteiger partial charge in [-0.15, -0.1) is 10.2 Å². The molecule has 0 spiro atoms. The van der Waals surface area contributed by atoms with E-state index in [4.69, 9.17) is 9.26 Å². The number of aromatic nitrogens is 4. The molecule has 0 N–H and O–H groups in total. The molecule has 0 aliphatic carbocycles. The van der Waals surface area contributed by atoms with E-state index in [1.165, 1.54) is 0 Å². The van der Waals surface area contributed by atoms with Crippen LogP contribution in [-0.4, -0.2) is 35.4 Å². The Balaban J connectivity index is 2.05. The van der Waals surface area contributed by atoms with Gasteiger partial charge in [-0.1, -0.05) is 17.3 Å². The molecule has 132 valence electrons. The fraction of sp³-hybridized carbons (Fsp3) is 0.312. The Morgan fingerprint density at radius 2 is 2.00 bits per heavy atom. The van der Waals surface area contributed by atoms with Gasteiger partial charge in [0.25, 0.3) is 0 Å². The zero-order valence-electron chi connectivity index (χ0n) is 14.1. The molecule has 9 heteroatoms. The first-order valence-corrected chi connectivity index (χ1v) is 9.33. The largest absolute Gasteiger partial charge is 0.496 e. The summed E-state index contributed by atoms with van der Waals surface area (Å²) in [7, 11) is -2.17. The minimum atomic E-state index is -3.72. The highest BCUT2D eigenvalue weighted by Gasteiger charge is 2.27. The van der Waals surface area contributed by atoms with E-state index in [1.54, 1.807) is 30.7 Å². The minimum Gasteiger partial charge on any atom is -0.496 e. The van der Waals surface area contributed by atoms with Crippen LogP contribution in [0.4, 0.5) is 0 Å². The molecular formula is C16H18N4O4S. The van der Waals surface area contributed by atoms with E-state index in [-0.39, 0.29) is 10.9 Å². The van der Waals surface area contributed by atoms with E-state index in [9.17, 15) is 8.42 Å². The second kappa shape index (κ2) is 6.67. The molecule has 0 unspecified atom stereocenters. The van der Waals surface area contributed by atoms with E-state index in [0.29, 0.717) is 35.1 Å². The van der Waals surface area contributed by atoms with Gasteiger partial charge < -0.3 is 9.26 Å². The summed E-state index contributed by atoms with van der Waals surface area (Å²) in [5.74, 6) is 1.29. The summed E-state index contributed by atoms with van der Waals surface area (Å²) in [6.07, 6.45) is 0. The third kappa shape index (κ3) is 3.27. The molecule has 2 aromatic heterocycles. The van der Waals surface area contributed by atoms with Crippen LogP contribution in [0.1, 0.15) is 18.4 Å². The lowest BCUT2D eigenvalue weighted by Gasteiger charge is -2.10. The molecular weight excluding hydrogens is 344 g/mol. The maximum absolute atomic E-state index is 12.8.